The summed E-state index contributed by atoms with van der Waals surface area (Å²) in [7, 11) is 1.22. The van der Waals surface area contributed by atoms with Gasteiger partial charge in [-0.15, -0.1) is 11.3 Å². The van der Waals surface area contributed by atoms with Crippen LogP contribution in [0.25, 0.3) is 0 Å². The average molecular weight is 450 g/mol. The molecule has 2 N–H and O–H groups in total. The highest BCUT2D eigenvalue weighted by molar-refractivity contribution is 7.80. The van der Waals surface area contributed by atoms with Gasteiger partial charge in [-0.25, -0.2) is 26.7 Å². The molecule has 1 aliphatic rings. The van der Waals surface area contributed by atoms with Crippen molar-refractivity contribution < 1.29 is 31.5 Å². The Morgan fingerprint density at radius 2 is 1.52 bits per heavy atom. The van der Waals surface area contributed by atoms with Crippen molar-refractivity contribution in [3.05, 3.63) is 45.1 Å². The predicted molar refractivity (Wildman–Crippen MR) is 103 cm³/mol. The van der Waals surface area contributed by atoms with Crippen molar-refractivity contribution in [2.45, 2.75) is 32.1 Å². The summed E-state index contributed by atoms with van der Waals surface area (Å²) in [5.41, 5.74) is -0.200. The molecule has 0 fully saturated rings. The van der Waals surface area contributed by atoms with Gasteiger partial charge < -0.3 is 15.4 Å². The number of aryl methyl sites for hydroxylation is 1. The maximum atomic E-state index is 13.9. The number of nitrogens with one attached hydrogen (secondary N) is 2. The Bertz CT molecular complexity index is 964. The molecule has 0 unspecified atom stereocenters. The van der Waals surface area contributed by atoms with Gasteiger partial charge in [-0.2, -0.15) is 0 Å². The van der Waals surface area contributed by atoms with Gasteiger partial charge in [0.25, 0.3) is 0 Å². The lowest BCUT2D eigenvalue weighted by atomic mass is 10.1. The molecule has 0 bridgehead atoms. The van der Waals surface area contributed by atoms with Crippen molar-refractivity contribution in [1.82, 2.24) is 0 Å². The van der Waals surface area contributed by atoms with Gasteiger partial charge in [0, 0.05) is 4.88 Å². The molecule has 0 saturated carbocycles. The third kappa shape index (κ3) is 4.06. The highest BCUT2D eigenvalue weighted by Crippen LogP contribution is 2.38. The van der Waals surface area contributed by atoms with E-state index in [4.69, 9.17) is 17.0 Å². The van der Waals surface area contributed by atoms with Crippen LogP contribution in [-0.2, 0) is 17.6 Å². The molecule has 1 aliphatic carbocycles. The molecular weight excluding hydrogens is 435 g/mol. The quantitative estimate of drug-likeness (QED) is 0.166. The maximum absolute atomic E-state index is 13.9. The monoisotopic (exact) mass is 450 g/mol. The SMILES string of the molecule is COC(=O)c1c(NC(=S)Nc2c(F)c(F)c(F)c(F)c2F)sc2c1CCCCC2. The second-order valence-corrected chi connectivity index (χ2v) is 7.80. The van der Waals surface area contributed by atoms with E-state index in [1.165, 1.54) is 18.4 Å². The summed E-state index contributed by atoms with van der Waals surface area (Å²) in [5.74, 6) is -11.1. The van der Waals surface area contributed by atoms with E-state index in [-0.39, 0.29) is 10.6 Å². The summed E-state index contributed by atoms with van der Waals surface area (Å²) >= 11 is 6.21. The van der Waals surface area contributed by atoms with E-state index in [2.05, 4.69) is 5.32 Å². The number of benzene rings is 1. The van der Waals surface area contributed by atoms with E-state index >= 15 is 0 Å². The van der Waals surface area contributed by atoms with Crippen molar-refractivity contribution in [2.75, 3.05) is 17.7 Å². The third-order valence-electron chi connectivity index (χ3n) is 4.49. The Morgan fingerprint density at radius 1 is 0.931 bits per heavy atom. The number of hydrogen-bond donors (Lipinski definition) is 2. The van der Waals surface area contributed by atoms with Crippen LogP contribution in [0.4, 0.5) is 32.6 Å². The molecule has 4 nitrogen and oxygen atoms in total. The second-order valence-electron chi connectivity index (χ2n) is 6.28. The number of anilines is 2. The molecule has 0 atom stereocenters. The first kappa shape index (κ1) is 21.4. The van der Waals surface area contributed by atoms with E-state index in [0.29, 0.717) is 6.42 Å². The van der Waals surface area contributed by atoms with Gasteiger partial charge in [-0.05, 0) is 43.5 Å². The second kappa shape index (κ2) is 8.62. The Hall–Kier alpha value is -2.27. The smallest absolute Gasteiger partial charge is 0.341 e. The fraction of sp³-hybridized carbons (Fsp3) is 0.333. The van der Waals surface area contributed by atoms with Crippen LogP contribution in [0.3, 0.4) is 0 Å². The number of hydrogen-bond acceptors (Lipinski definition) is 4. The molecule has 2 aromatic rings. The maximum Gasteiger partial charge on any atom is 0.341 e. The standard InChI is InChI=1S/C18H15F5N2O2S2/c1-27-17(26)9-7-5-3-2-4-6-8(7)29-16(9)25-18(28)24-15-13(22)11(20)10(19)12(21)14(15)23/h2-6H2,1H3,(H2,24,25,28). The van der Waals surface area contributed by atoms with Crippen molar-refractivity contribution in [3.63, 3.8) is 0 Å². The Kier molecular flexibility index (Phi) is 6.37. The van der Waals surface area contributed by atoms with Crippen molar-refractivity contribution in [3.8, 4) is 0 Å². The summed E-state index contributed by atoms with van der Waals surface area (Å²) in [6.07, 6.45) is 4.27. The Balaban J connectivity index is 1.92. The van der Waals surface area contributed by atoms with Gasteiger partial charge in [-0.1, -0.05) is 6.42 Å². The molecule has 3 rings (SSSR count). The lowest BCUT2D eigenvalue weighted by Gasteiger charge is -2.13. The highest BCUT2D eigenvalue weighted by Gasteiger charge is 2.28. The first-order valence-electron chi connectivity index (χ1n) is 8.58. The summed E-state index contributed by atoms with van der Waals surface area (Å²) < 4.78 is 72.4. The number of carbonyl (C=O) groups is 1. The van der Waals surface area contributed by atoms with E-state index in [0.717, 1.165) is 36.1 Å². The number of rotatable bonds is 3. The van der Waals surface area contributed by atoms with Crippen LogP contribution in [0, 0.1) is 29.1 Å². The zero-order valence-electron chi connectivity index (χ0n) is 15.1. The van der Waals surface area contributed by atoms with Gasteiger partial charge in [0.05, 0.1) is 12.7 Å². The molecular formula is C18H15F5N2O2S2. The number of ether oxygens (including phenoxy) is 1. The summed E-state index contributed by atoms with van der Waals surface area (Å²) in [6.45, 7) is 0. The number of thiocarbonyl (C=S) groups is 1. The Morgan fingerprint density at radius 3 is 2.14 bits per heavy atom. The van der Waals surface area contributed by atoms with Crippen LogP contribution < -0.4 is 10.6 Å². The molecule has 11 heteroatoms. The number of carbonyl (C=O) groups excluding carboxylic acids is 1. The minimum atomic E-state index is -2.26. The van der Waals surface area contributed by atoms with Crippen LogP contribution in [0.5, 0.6) is 0 Å². The predicted octanol–water partition coefficient (Wildman–Crippen LogP) is 5.31. The van der Waals surface area contributed by atoms with Gasteiger partial charge in [0.2, 0.25) is 5.82 Å². The van der Waals surface area contributed by atoms with E-state index in [9.17, 15) is 26.7 Å². The topological polar surface area (TPSA) is 50.4 Å². The molecule has 0 amide bonds. The number of esters is 1. The van der Waals surface area contributed by atoms with Gasteiger partial charge in [-0.3, -0.25) is 0 Å². The molecule has 1 heterocycles. The zero-order chi connectivity index (χ0) is 21.3. The highest BCUT2D eigenvalue weighted by atomic mass is 32.1. The first-order chi connectivity index (χ1) is 13.8. The van der Waals surface area contributed by atoms with Crippen LogP contribution >= 0.6 is 23.6 Å². The van der Waals surface area contributed by atoms with Crippen molar-refractivity contribution >= 4 is 45.3 Å². The average Bonchev–Trinajstić information content (AvgIpc) is 2.87. The van der Waals surface area contributed by atoms with Crippen LogP contribution in [0.15, 0.2) is 0 Å². The summed E-state index contributed by atoms with van der Waals surface area (Å²) in [4.78, 5) is 13.2. The van der Waals surface area contributed by atoms with E-state index < -0.39 is 45.9 Å². The molecule has 1 aromatic heterocycles. The van der Waals surface area contributed by atoms with Crippen LogP contribution in [-0.4, -0.2) is 18.2 Å². The minimum Gasteiger partial charge on any atom is -0.465 e. The minimum absolute atomic E-state index is 0.260. The normalized spacial score (nSPS) is 13.4. The van der Waals surface area contributed by atoms with E-state index in [1.807, 2.05) is 5.32 Å². The number of thiophene rings is 1. The van der Waals surface area contributed by atoms with Crippen LogP contribution in [0.2, 0.25) is 0 Å². The molecule has 0 aliphatic heterocycles. The molecule has 29 heavy (non-hydrogen) atoms. The van der Waals surface area contributed by atoms with Crippen molar-refractivity contribution in [1.29, 1.82) is 0 Å². The number of methoxy groups -OCH3 is 1. The first-order valence-corrected chi connectivity index (χ1v) is 9.81. The molecule has 0 saturated heterocycles. The fourth-order valence-electron chi connectivity index (χ4n) is 3.11. The summed E-state index contributed by atoms with van der Waals surface area (Å²) in [5, 5.41) is 4.46. The molecule has 156 valence electrons. The largest absolute Gasteiger partial charge is 0.465 e. The number of halogens is 5. The van der Waals surface area contributed by atoms with Gasteiger partial charge >= 0.3 is 5.97 Å². The van der Waals surface area contributed by atoms with Gasteiger partial charge in [0.1, 0.15) is 10.7 Å². The molecule has 0 spiro atoms. The van der Waals surface area contributed by atoms with Crippen molar-refractivity contribution in [2.24, 2.45) is 0 Å². The molecule has 1 aromatic carbocycles. The van der Waals surface area contributed by atoms with Gasteiger partial charge in [0.15, 0.2) is 28.4 Å². The lowest BCUT2D eigenvalue weighted by molar-refractivity contribution is 0.0601. The molecule has 0 radical (unpaired) electrons. The third-order valence-corrected chi connectivity index (χ3v) is 5.90. The Labute approximate surface area is 172 Å². The lowest BCUT2D eigenvalue weighted by Crippen LogP contribution is -2.22. The summed E-state index contributed by atoms with van der Waals surface area (Å²) in [6, 6.07) is 0. The fourth-order valence-corrected chi connectivity index (χ4v) is 4.66. The zero-order valence-corrected chi connectivity index (χ0v) is 16.7. The van der Waals surface area contributed by atoms with E-state index in [1.54, 1.807) is 0 Å². The van der Waals surface area contributed by atoms with Crippen LogP contribution in [0.1, 0.15) is 40.1 Å². The number of fused-ring (bicyclic) bond motifs is 1.